The fourth-order valence-corrected chi connectivity index (χ4v) is 11.8. The van der Waals surface area contributed by atoms with Crippen LogP contribution in [0.2, 0.25) is 0 Å². The first-order valence-corrected chi connectivity index (χ1v) is 26.5. The molecule has 2 aliphatic carbocycles. The maximum atomic E-state index is 12.8. The molecule has 79 heavy (non-hydrogen) atoms. The number of ether oxygens (including phenoxy) is 5. The van der Waals surface area contributed by atoms with Gasteiger partial charge in [0, 0.05) is 37.3 Å². The van der Waals surface area contributed by atoms with Gasteiger partial charge >= 0.3 is 30.8 Å². The number of piperidine rings is 2. The summed E-state index contributed by atoms with van der Waals surface area (Å²) < 4.78 is 169. The first-order chi connectivity index (χ1) is 36.6. The number of hydrogen-bond donors (Lipinski definition) is 2. The van der Waals surface area contributed by atoms with E-state index in [0.717, 1.165) is 118 Å². The van der Waals surface area contributed by atoms with Gasteiger partial charge in [0.2, 0.25) is 6.10 Å². The van der Waals surface area contributed by atoms with Gasteiger partial charge in [-0.3, -0.25) is 19.4 Å². The van der Waals surface area contributed by atoms with Crippen molar-refractivity contribution in [3.05, 3.63) is 58.7 Å². The van der Waals surface area contributed by atoms with Gasteiger partial charge in [0.25, 0.3) is 19.0 Å². The molecule has 0 atom stereocenters. The van der Waals surface area contributed by atoms with Crippen LogP contribution in [0.5, 0.6) is 11.5 Å². The maximum Gasteiger partial charge on any atom is 0.434 e. The van der Waals surface area contributed by atoms with Gasteiger partial charge in [-0.1, -0.05) is 12.1 Å². The Bertz CT molecular complexity index is 2220. The van der Waals surface area contributed by atoms with Gasteiger partial charge in [0.15, 0.2) is 0 Å². The highest BCUT2D eigenvalue weighted by Gasteiger charge is 2.60. The van der Waals surface area contributed by atoms with E-state index in [1.54, 1.807) is 0 Å². The summed E-state index contributed by atoms with van der Waals surface area (Å²) in [7, 11) is 0. The Morgan fingerprint density at radius 3 is 1.32 bits per heavy atom. The lowest BCUT2D eigenvalue weighted by molar-refractivity contribution is -0.309. The van der Waals surface area contributed by atoms with Gasteiger partial charge < -0.3 is 39.0 Å². The number of likely N-dealkylation sites (tertiary alicyclic amines) is 3. The van der Waals surface area contributed by atoms with Gasteiger partial charge in [0.1, 0.15) is 23.7 Å². The molecule has 0 bridgehead atoms. The molecule has 2 spiro atoms. The number of alkyl halides is 12. The zero-order valence-corrected chi connectivity index (χ0v) is 44.9. The van der Waals surface area contributed by atoms with Crippen LogP contribution in [0.25, 0.3) is 0 Å². The normalized spacial score (nSPS) is 23.7. The SMILES string of the molecule is Cc1cc(CN2CCCC23CCN(C(=O)OC(C(F)(F)F)C(F)(F)F)CC3)cc(OC2CCC(OC=O)CC2)c1.Cc1cc(CN2CCCC23CCNCC3)cc(OC2CCC(OC=O)CC2)c1.Cl.OC(C(F)(F)F)C(F)(F)F. The second-order valence-electron chi connectivity index (χ2n) is 21.4. The van der Waals surface area contributed by atoms with Crippen molar-refractivity contribution in [3.63, 3.8) is 0 Å². The van der Waals surface area contributed by atoms with E-state index in [0.29, 0.717) is 37.9 Å². The number of aliphatic hydroxyl groups is 1. The Balaban J connectivity index is 0.000000255. The molecule has 0 unspecified atom stereocenters. The predicted octanol–water partition coefficient (Wildman–Crippen LogP) is 11.4. The molecular weight excluding hydrogens is 1100 g/mol. The Kier molecular flexibility index (Phi) is 23.2. The van der Waals surface area contributed by atoms with E-state index < -0.39 is 43.0 Å². The fraction of sp³-hybridized carbons (Fsp3) is 0.717. The molecular formula is C53H71ClF12N4O9. The zero-order valence-electron chi connectivity index (χ0n) is 44.1. The van der Waals surface area contributed by atoms with Crippen LogP contribution in [0, 0.1) is 13.8 Å². The summed E-state index contributed by atoms with van der Waals surface area (Å²) >= 11 is 0. The monoisotopic (exact) mass is 1170 g/mol. The van der Waals surface area contributed by atoms with Crippen molar-refractivity contribution in [2.24, 2.45) is 0 Å². The van der Waals surface area contributed by atoms with Crippen LogP contribution in [0.4, 0.5) is 57.5 Å². The van der Waals surface area contributed by atoms with E-state index in [-0.39, 0.29) is 55.5 Å². The summed E-state index contributed by atoms with van der Waals surface area (Å²) in [6, 6.07) is 12.7. The molecule has 2 aromatic carbocycles. The highest BCUT2D eigenvalue weighted by Crippen LogP contribution is 2.42. The Morgan fingerprint density at radius 1 is 0.582 bits per heavy atom. The quantitative estimate of drug-likeness (QED) is 0.112. The molecule has 4 heterocycles. The number of benzene rings is 2. The molecule has 2 saturated carbocycles. The molecule has 6 aliphatic rings. The van der Waals surface area contributed by atoms with Gasteiger partial charge in [-0.05, 0) is 189 Å². The van der Waals surface area contributed by atoms with Gasteiger partial charge in [-0.15, -0.1) is 12.4 Å². The summed E-state index contributed by atoms with van der Waals surface area (Å²) in [5, 5.41) is 11.0. The number of hydrogen-bond acceptors (Lipinski definition) is 12. The molecule has 0 radical (unpaired) electrons. The summed E-state index contributed by atoms with van der Waals surface area (Å²) in [6.45, 7) is 11.1. The lowest BCUT2D eigenvalue weighted by Crippen LogP contribution is -2.54. The Labute approximate surface area is 457 Å². The number of halogens is 13. The Morgan fingerprint density at radius 2 is 0.962 bits per heavy atom. The van der Waals surface area contributed by atoms with Crippen molar-refractivity contribution < 1.29 is 95.9 Å². The van der Waals surface area contributed by atoms with E-state index in [1.165, 1.54) is 43.4 Å². The second kappa shape index (κ2) is 28.0. The number of carbonyl (C=O) groups is 3. The largest absolute Gasteiger partial charge is 0.490 e. The number of amides is 1. The van der Waals surface area contributed by atoms with Crippen molar-refractivity contribution in [3.8, 4) is 11.5 Å². The fourth-order valence-electron chi connectivity index (χ4n) is 11.8. The third kappa shape index (κ3) is 18.8. The summed E-state index contributed by atoms with van der Waals surface area (Å²) in [6.07, 6.45) is -18.0. The number of carbonyl (C=O) groups excluding carboxylic acids is 3. The standard InChI is InChI=1S/C27H34F6N2O5.C23H34N2O3.C3H2F6O.ClH/c1-18-13-19(15-22(14-18)39-21-5-3-20(4-6-21)38-17-36)16-35-10-2-7-25(35)8-11-34(12-9-25)24(37)40-23(26(28,29)30)27(31,32)33;1-18-13-19(16-25-12-2-7-23(25)8-10-24-11-9-23)15-22(14-18)28-21-5-3-20(4-6-21)27-17-26;4-2(5,6)1(10)3(7,8)9;/h13-15,17,20-21,23H,2-12,16H2,1H3;13-15,17,20-21,24H,2-12,16H2,1H3;1,10H;1H. The molecule has 26 heteroatoms. The van der Waals surface area contributed by atoms with Crippen molar-refractivity contribution >= 4 is 31.4 Å². The molecule has 0 aromatic heterocycles. The van der Waals surface area contributed by atoms with Crippen molar-refractivity contribution in [2.45, 2.75) is 202 Å². The Hall–Kier alpha value is -4.46. The second-order valence-corrected chi connectivity index (χ2v) is 21.4. The highest BCUT2D eigenvalue weighted by atomic mass is 35.5. The molecule has 6 fully saturated rings. The average Bonchev–Trinajstić information content (AvgIpc) is 3.94. The van der Waals surface area contributed by atoms with Crippen molar-refractivity contribution in [2.75, 3.05) is 39.3 Å². The summed E-state index contributed by atoms with van der Waals surface area (Å²) in [5.41, 5.74) is 4.81. The first kappa shape index (κ1) is 65.4. The molecule has 4 saturated heterocycles. The first-order valence-electron chi connectivity index (χ1n) is 26.5. The number of rotatable bonds is 13. The van der Waals surface area contributed by atoms with Crippen LogP contribution in [0.15, 0.2) is 36.4 Å². The lowest BCUT2D eigenvalue weighted by Gasteiger charge is -2.45. The number of aliphatic hydroxyl groups excluding tert-OH is 1. The van der Waals surface area contributed by atoms with Gasteiger partial charge in [-0.25, -0.2) is 4.79 Å². The minimum absolute atomic E-state index is 0. The minimum Gasteiger partial charge on any atom is -0.490 e. The van der Waals surface area contributed by atoms with Gasteiger partial charge in [-0.2, -0.15) is 52.7 Å². The lowest BCUT2D eigenvalue weighted by atomic mass is 9.85. The third-order valence-electron chi connectivity index (χ3n) is 15.7. The van der Waals surface area contributed by atoms with Crippen molar-refractivity contribution in [1.29, 1.82) is 0 Å². The molecule has 8 rings (SSSR count). The number of nitrogens with zero attached hydrogens (tertiary/aromatic N) is 3. The number of aryl methyl sites for hydroxylation is 2. The van der Waals surface area contributed by atoms with E-state index >= 15 is 0 Å². The van der Waals surface area contributed by atoms with E-state index in [4.69, 9.17) is 24.1 Å². The van der Waals surface area contributed by atoms with E-state index in [1.807, 2.05) is 19.1 Å². The van der Waals surface area contributed by atoms with Crippen LogP contribution in [0.3, 0.4) is 0 Å². The highest BCUT2D eigenvalue weighted by molar-refractivity contribution is 5.85. The maximum absolute atomic E-state index is 12.8. The van der Waals surface area contributed by atoms with Crippen LogP contribution in [0.1, 0.15) is 125 Å². The van der Waals surface area contributed by atoms with Crippen LogP contribution < -0.4 is 14.8 Å². The topological polar surface area (TPSA) is 139 Å². The van der Waals surface area contributed by atoms with Crippen LogP contribution in [-0.4, -0.2) is 151 Å². The molecule has 13 nitrogen and oxygen atoms in total. The predicted molar refractivity (Wildman–Crippen MR) is 265 cm³/mol. The smallest absolute Gasteiger partial charge is 0.434 e. The van der Waals surface area contributed by atoms with E-state index in [2.05, 4.69) is 51.0 Å². The van der Waals surface area contributed by atoms with Crippen molar-refractivity contribution in [1.82, 2.24) is 20.0 Å². The third-order valence-corrected chi connectivity index (χ3v) is 15.7. The average molecular weight is 1170 g/mol. The molecule has 448 valence electrons. The van der Waals surface area contributed by atoms with Crippen LogP contribution in [-0.2, 0) is 36.9 Å². The van der Waals surface area contributed by atoms with E-state index in [9.17, 15) is 67.1 Å². The molecule has 1 amide bonds. The molecule has 2 N–H and O–H groups in total. The molecule has 2 aromatic rings. The minimum atomic E-state index is -5.74. The zero-order chi connectivity index (χ0) is 57.1. The van der Waals surface area contributed by atoms with Crippen LogP contribution >= 0.6 is 12.4 Å². The van der Waals surface area contributed by atoms with Gasteiger partial charge in [0.05, 0.1) is 12.2 Å². The number of nitrogens with one attached hydrogen (secondary N) is 1. The molecule has 4 aliphatic heterocycles. The summed E-state index contributed by atoms with van der Waals surface area (Å²) in [4.78, 5) is 39.3. The summed E-state index contributed by atoms with van der Waals surface area (Å²) in [5.74, 6) is 1.75.